The van der Waals surface area contributed by atoms with Crippen molar-refractivity contribution in [3.8, 4) is 11.5 Å². The third-order valence-electron chi connectivity index (χ3n) is 4.04. The largest absolute Gasteiger partial charge is 0.481 e. The van der Waals surface area contributed by atoms with Gasteiger partial charge in [-0.25, -0.2) is 10.2 Å². The maximum Gasteiger partial charge on any atom is 0.343 e. The number of hydrogen-bond acceptors (Lipinski definition) is 5. The van der Waals surface area contributed by atoms with E-state index in [1.165, 1.54) is 6.21 Å². The van der Waals surface area contributed by atoms with Crippen molar-refractivity contribution < 1.29 is 19.1 Å². The van der Waals surface area contributed by atoms with Gasteiger partial charge in [-0.05, 0) is 55.5 Å². The van der Waals surface area contributed by atoms with Gasteiger partial charge in [0.25, 0.3) is 5.91 Å². The van der Waals surface area contributed by atoms with Crippen molar-refractivity contribution in [3.05, 3.63) is 93.4 Å². The highest BCUT2D eigenvalue weighted by atomic mass is 79.9. The van der Waals surface area contributed by atoms with E-state index >= 15 is 0 Å². The van der Waals surface area contributed by atoms with Crippen LogP contribution in [0.1, 0.15) is 22.8 Å². The van der Waals surface area contributed by atoms with Crippen LogP contribution in [0.3, 0.4) is 0 Å². The fourth-order valence-corrected chi connectivity index (χ4v) is 3.06. The fourth-order valence-electron chi connectivity index (χ4n) is 2.50. The molecular weight excluding hydrogens is 484 g/mol. The third-order valence-corrected chi connectivity index (χ3v) is 4.77. The van der Waals surface area contributed by atoms with Crippen LogP contribution in [0.2, 0.25) is 5.02 Å². The fraction of sp³-hybridized carbons (Fsp3) is 0.0870. The number of nitrogens with zero attached hydrogens (tertiary/aromatic N) is 1. The summed E-state index contributed by atoms with van der Waals surface area (Å²) in [6, 6.07) is 20.5. The molecule has 0 aromatic heterocycles. The lowest BCUT2D eigenvalue weighted by Crippen LogP contribution is -2.33. The lowest BCUT2D eigenvalue weighted by molar-refractivity contribution is -0.127. The number of amides is 1. The Morgan fingerprint density at radius 1 is 1.06 bits per heavy atom. The topological polar surface area (TPSA) is 77.0 Å². The molecular formula is C23H18BrClN2O4. The summed E-state index contributed by atoms with van der Waals surface area (Å²) in [5, 5.41) is 4.47. The summed E-state index contributed by atoms with van der Waals surface area (Å²) >= 11 is 9.29. The van der Waals surface area contributed by atoms with E-state index in [0.29, 0.717) is 27.6 Å². The summed E-state index contributed by atoms with van der Waals surface area (Å²) in [4.78, 5) is 24.6. The van der Waals surface area contributed by atoms with Crippen molar-refractivity contribution in [2.45, 2.75) is 13.0 Å². The Kier molecular flexibility index (Phi) is 7.81. The van der Waals surface area contributed by atoms with E-state index in [1.807, 2.05) is 6.07 Å². The van der Waals surface area contributed by atoms with Crippen molar-refractivity contribution in [1.82, 2.24) is 5.43 Å². The summed E-state index contributed by atoms with van der Waals surface area (Å²) in [5.74, 6) is -0.168. The zero-order valence-electron chi connectivity index (χ0n) is 16.4. The van der Waals surface area contributed by atoms with Gasteiger partial charge in [-0.1, -0.05) is 51.8 Å². The minimum Gasteiger partial charge on any atom is -0.481 e. The molecule has 158 valence electrons. The molecule has 0 aliphatic carbocycles. The summed E-state index contributed by atoms with van der Waals surface area (Å²) in [6.45, 7) is 1.60. The number of benzene rings is 3. The van der Waals surface area contributed by atoms with Gasteiger partial charge in [-0.15, -0.1) is 0 Å². The maximum atomic E-state index is 12.3. The van der Waals surface area contributed by atoms with Gasteiger partial charge < -0.3 is 9.47 Å². The summed E-state index contributed by atoms with van der Waals surface area (Å²) in [6.07, 6.45) is 0.594. The molecule has 0 bridgehead atoms. The second-order valence-corrected chi connectivity index (χ2v) is 7.74. The van der Waals surface area contributed by atoms with E-state index in [4.69, 9.17) is 21.1 Å². The summed E-state index contributed by atoms with van der Waals surface area (Å²) < 4.78 is 11.8. The third kappa shape index (κ3) is 6.67. The van der Waals surface area contributed by atoms with Crippen LogP contribution in [0.15, 0.2) is 82.4 Å². The summed E-state index contributed by atoms with van der Waals surface area (Å²) in [5.41, 5.74) is 3.34. The highest BCUT2D eigenvalue weighted by molar-refractivity contribution is 9.10. The van der Waals surface area contributed by atoms with Gasteiger partial charge in [-0.3, -0.25) is 4.79 Å². The zero-order valence-corrected chi connectivity index (χ0v) is 18.8. The van der Waals surface area contributed by atoms with Crippen LogP contribution in [0.5, 0.6) is 11.5 Å². The monoisotopic (exact) mass is 500 g/mol. The Hall–Kier alpha value is -3.16. The number of hydrogen-bond donors (Lipinski definition) is 1. The molecule has 0 fully saturated rings. The number of carbonyl (C=O) groups excluding carboxylic acids is 2. The van der Waals surface area contributed by atoms with Crippen LogP contribution >= 0.6 is 27.5 Å². The van der Waals surface area contributed by atoms with Gasteiger partial charge in [0.1, 0.15) is 11.5 Å². The molecule has 3 aromatic rings. The van der Waals surface area contributed by atoms with Crippen LogP contribution in [-0.2, 0) is 4.79 Å². The average Bonchev–Trinajstić information content (AvgIpc) is 2.76. The van der Waals surface area contributed by atoms with Crippen LogP contribution in [0, 0.1) is 0 Å². The smallest absolute Gasteiger partial charge is 0.343 e. The van der Waals surface area contributed by atoms with Gasteiger partial charge in [0, 0.05) is 15.1 Å². The van der Waals surface area contributed by atoms with Gasteiger partial charge in [0.2, 0.25) is 0 Å². The summed E-state index contributed by atoms with van der Waals surface area (Å²) in [7, 11) is 0. The minimum absolute atomic E-state index is 0.304. The number of ether oxygens (including phenoxy) is 2. The van der Waals surface area contributed by atoms with Crippen LogP contribution in [-0.4, -0.2) is 24.2 Å². The predicted octanol–water partition coefficient (Wildman–Crippen LogP) is 5.24. The Morgan fingerprint density at radius 2 is 1.84 bits per heavy atom. The Balaban J connectivity index is 1.65. The zero-order chi connectivity index (χ0) is 22.2. The van der Waals surface area contributed by atoms with Crippen LogP contribution in [0.4, 0.5) is 0 Å². The van der Waals surface area contributed by atoms with E-state index in [1.54, 1.807) is 73.7 Å². The second kappa shape index (κ2) is 10.7. The normalized spacial score (nSPS) is 11.7. The van der Waals surface area contributed by atoms with E-state index < -0.39 is 18.0 Å². The molecule has 0 aliphatic rings. The Labute approximate surface area is 193 Å². The molecule has 1 amide bonds. The van der Waals surface area contributed by atoms with Gasteiger partial charge in [0.15, 0.2) is 6.10 Å². The van der Waals surface area contributed by atoms with Crippen molar-refractivity contribution in [2.75, 3.05) is 0 Å². The highest BCUT2D eigenvalue weighted by Gasteiger charge is 2.15. The SMILES string of the molecule is C[C@@H](Oc1cccc(Cl)c1)C(=O)N/N=C\c1cc(Br)ccc1OC(=O)c1ccccc1. The van der Waals surface area contributed by atoms with E-state index in [-0.39, 0.29) is 0 Å². The molecule has 0 radical (unpaired) electrons. The lowest BCUT2D eigenvalue weighted by atomic mass is 10.2. The molecule has 0 unspecified atom stereocenters. The number of carbonyl (C=O) groups is 2. The highest BCUT2D eigenvalue weighted by Crippen LogP contribution is 2.23. The molecule has 0 heterocycles. The molecule has 1 atom stereocenters. The van der Waals surface area contributed by atoms with Crippen LogP contribution < -0.4 is 14.9 Å². The molecule has 3 aromatic carbocycles. The predicted molar refractivity (Wildman–Crippen MR) is 123 cm³/mol. The lowest BCUT2D eigenvalue weighted by Gasteiger charge is -2.13. The first-order chi connectivity index (χ1) is 14.9. The molecule has 6 nitrogen and oxygen atoms in total. The van der Waals surface area contributed by atoms with Crippen molar-refractivity contribution >= 4 is 45.6 Å². The maximum absolute atomic E-state index is 12.3. The number of nitrogens with one attached hydrogen (secondary N) is 1. The molecule has 8 heteroatoms. The Bertz CT molecular complexity index is 1110. The van der Waals surface area contributed by atoms with Crippen molar-refractivity contribution in [3.63, 3.8) is 0 Å². The average molecular weight is 502 g/mol. The first kappa shape index (κ1) is 22.5. The molecule has 0 spiro atoms. The molecule has 3 rings (SSSR count). The van der Waals surface area contributed by atoms with Crippen molar-refractivity contribution in [2.24, 2.45) is 5.10 Å². The minimum atomic E-state index is -0.798. The molecule has 1 N–H and O–H groups in total. The number of esters is 1. The van der Waals surface area contributed by atoms with Gasteiger partial charge >= 0.3 is 5.97 Å². The number of rotatable bonds is 7. The first-order valence-corrected chi connectivity index (χ1v) is 10.4. The molecule has 0 aliphatic heterocycles. The number of hydrazone groups is 1. The number of halogens is 2. The quantitative estimate of drug-likeness (QED) is 0.208. The van der Waals surface area contributed by atoms with E-state index in [9.17, 15) is 9.59 Å². The second-order valence-electron chi connectivity index (χ2n) is 6.39. The molecule has 31 heavy (non-hydrogen) atoms. The standard InChI is InChI=1S/C23H18BrClN2O4/c1-15(30-20-9-5-8-19(25)13-20)22(28)27-26-14-17-12-18(24)10-11-21(17)31-23(29)16-6-3-2-4-7-16/h2-15H,1H3,(H,27,28)/b26-14-/t15-/m1/s1. The Morgan fingerprint density at radius 3 is 2.58 bits per heavy atom. The van der Waals surface area contributed by atoms with Crippen molar-refractivity contribution in [1.29, 1.82) is 0 Å². The van der Waals surface area contributed by atoms with Gasteiger partial charge in [0.05, 0.1) is 11.8 Å². The molecule has 0 saturated carbocycles. The van der Waals surface area contributed by atoms with Crippen LogP contribution in [0.25, 0.3) is 0 Å². The molecule has 0 saturated heterocycles. The van der Waals surface area contributed by atoms with E-state index in [2.05, 4.69) is 26.5 Å². The first-order valence-electron chi connectivity index (χ1n) is 9.24. The van der Waals surface area contributed by atoms with E-state index in [0.717, 1.165) is 4.47 Å². The van der Waals surface area contributed by atoms with Gasteiger partial charge in [-0.2, -0.15) is 5.10 Å².